The molecule has 5 atom stereocenters. The molecule has 1 aromatic rings. The van der Waals surface area contributed by atoms with Crippen LogP contribution in [-0.4, -0.2) is 43.0 Å². The highest BCUT2D eigenvalue weighted by Crippen LogP contribution is 2.69. The Labute approximate surface area is 105 Å². The van der Waals surface area contributed by atoms with Gasteiger partial charge in [0.05, 0.1) is 0 Å². The Morgan fingerprint density at radius 2 is 2.21 bits per heavy atom. The van der Waals surface area contributed by atoms with Crippen molar-refractivity contribution in [3.63, 3.8) is 0 Å². The van der Waals surface area contributed by atoms with E-state index in [1.807, 2.05) is 0 Å². The number of aliphatic hydroxyl groups excluding tert-OH is 1. The fraction of sp³-hybridized carbons (Fsp3) is 0.600. The van der Waals surface area contributed by atoms with Crippen LogP contribution >= 0.6 is 0 Å². The Morgan fingerprint density at radius 3 is 2.68 bits per heavy atom. The Morgan fingerprint density at radius 1 is 1.58 bits per heavy atom. The smallest absolute Gasteiger partial charge is 0.351 e. The minimum absolute atomic E-state index is 0.0750. The van der Waals surface area contributed by atoms with Crippen molar-refractivity contribution in [2.75, 3.05) is 5.73 Å². The van der Waals surface area contributed by atoms with Gasteiger partial charge >= 0.3 is 5.69 Å². The van der Waals surface area contributed by atoms with Crippen LogP contribution in [0.5, 0.6) is 0 Å². The number of fused-ring (bicyclic) bond motifs is 1. The van der Waals surface area contributed by atoms with Gasteiger partial charge in [-0.05, 0) is 13.0 Å². The molecule has 0 amide bonds. The van der Waals surface area contributed by atoms with Crippen molar-refractivity contribution in [1.29, 1.82) is 0 Å². The predicted molar refractivity (Wildman–Crippen MR) is 57.3 cm³/mol. The molecule has 104 valence electrons. The summed E-state index contributed by atoms with van der Waals surface area (Å²) in [5.74, 6) is -3.10. The van der Waals surface area contributed by atoms with E-state index in [1.54, 1.807) is 0 Å². The molecule has 1 unspecified atom stereocenters. The monoisotopic (exact) mass is 275 g/mol. The van der Waals surface area contributed by atoms with Gasteiger partial charge in [-0.25, -0.2) is 13.6 Å². The third-order valence-corrected chi connectivity index (χ3v) is 3.75. The highest BCUT2D eigenvalue weighted by molar-refractivity contribution is 5.35. The molecule has 3 rings (SSSR count). The number of anilines is 1. The molecule has 1 saturated carbocycles. The van der Waals surface area contributed by atoms with Crippen molar-refractivity contribution in [2.45, 2.75) is 36.4 Å². The average molecular weight is 275 g/mol. The molecule has 1 aliphatic carbocycles. The predicted octanol–water partition coefficient (Wildman–Crippen LogP) is -1.15. The van der Waals surface area contributed by atoms with Crippen molar-refractivity contribution in [2.24, 2.45) is 0 Å². The molecule has 1 aliphatic heterocycles. The van der Waals surface area contributed by atoms with Gasteiger partial charge in [-0.3, -0.25) is 4.57 Å². The second-order valence-electron chi connectivity index (χ2n) is 4.92. The summed E-state index contributed by atoms with van der Waals surface area (Å²) in [6.07, 6.45) is -2.64. The van der Waals surface area contributed by atoms with E-state index in [0.29, 0.717) is 0 Å². The molecular formula is C10H11F2N3O4. The first kappa shape index (κ1) is 12.5. The number of hydrogen-bond donors (Lipinski definition) is 3. The Balaban J connectivity index is 2.08. The number of aliphatic hydroxyl groups is 2. The van der Waals surface area contributed by atoms with Crippen LogP contribution in [0.2, 0.25) is 0 Å². The van der Waals surface area contributed by atoms with Gasteiger partial charge in [-0.2, -0.15) is 4.98 Å². The quantitative estimate of drug-likeness (QED) is 0.597. The van der Waals surface area contributed by atoms with Crippen LogP contribution in [0, 0.1) is 0 Å². The minimum atomic E-state index is -3.03. The maximum absolute atomic E-state index is 14.2. The lowest BCUT2D eigenvalue weighted by Crippen LogP contribution is -2.48. The third kappa shape index (κ3) is 1.15. The number of alkyl halides is 2. The van der Waals surface area contributed by atoms with Crippen molar-refractivity contribution >= 4 is 5.82 Å². The van der Waals surface area contributed by atoms with E-state index >= 15 is 0 Å². The zero-order chi connectivity index (χ0) is 14.2. The number of aromatic nitrogens is 2. The second-order valence-corrected chi connectivity index (χ2v) is 4.92. The van der Waals surface area contributed by atoms with Gasteiger partial charge in [0.25, 0.3) is 5.85 Å². The summed E-state index contributed by atoms with van der Waals surface area (Å²) in [5, 5.41) is 19.3. The molecule has 2 aliphatic rings. The van der Waals surface area contributed by atoms with E-state index in [1.165, 1.54) is 6.07 Å². The molecule has 1 aromatic heterocycles. The Hall–Kier alpha value is -1.58. The third-order valence-electron chi connectivity index (χ3n) is 3.75. The number of nitrogen functional groups attached to an aromatic ring is 1. The largest absolute Gasteiger partial charge is 0.383 e. The highest BCUT2D eigenvalue weighted by atomic mass is 19.2. The Bertz CT molecular complexity index is 621. The number of hydrogen-bond acceptors (Lipinski definition) is 6. The molecule has 4 N–H and O–H groups in total. The highest BCUT2D eigenvalue weighted by Gasteiger charge is 2.95. The van der Waals surface area contributed by atoms with Gasteiger partial charge < -0.3 is 20.7 Å². The summed E-state index contributed by atoms with van der Waals surface area (Å²) in [5.41, 5.74) is -1.04. The number of nitrogens with zero attached hydrogens (tertiary/aromatic N) is 2. The summed E-state index contributed by atoms with van der Waals surface area (Å²) < 4.78 is 33.6. The second kappa shape index (κ2) is 3.11. The lowest BCUT2D eigenvalue weighted by molar-refractivity contribution is -0.179. The maximum atomic E-state index is 14.2. The van der Waals surface area contributed by atoms with Crippen LogP contribution < -0.4 is 11.4 Å². The molecular weight excluding hydrogens is 264 g/mol. The standard InChI is InChI=1S/C10H11F2N3O4/c1-8(18)6(15-3-2-4(13)14-7(15)17)19-10(12)5(16)9(8,10)11/h2-3,5-6,16,18H,1H3,(H2,13,14,17)/t5?,6-,8+,9+,10-/m1/s1. The van der Waals surface area contributed by atoms with Crippen molar-refractivity contribution in [1.82, 2.24) is 9.55 Å². The van der Waals surface area contributed by atoms with E-state index in [-0.39, 0.29) is 5.82 Å². The van der Waals surface area contributed by atoms with Crippen LogP contribution in [0.3, 0.4) is 0 Å². The summed E-state index contributed by atoms with van der Waals surface area (Å²) >= 11 is 0. The molecule has 9 heteroatoms. The number of nitrogens with two attached hydrogens (primary N) is 1. The van der Waals surface area contributed by atoms with Gasteiger partial charge in [0.2, 0.25) is 5.67 Å². The van der Waals surface area contributed by atoms with E-state index in [0.717, 1.165) is 17.7 Å². The molecule has 1 saturated heterocycles. The van der Waals surface area contributed by atoms with Gasteiger partial charge in [-0.1, -0.05) is 0 Å². The first-order valence-corrected chi connectivity index (χ1v) is 5.47. The van der Waals surface area contributed by atoms with Gasteiger partial charge in [-0.15, -0.1) is 0 Å². The first-order chi connectivity index (χ1) is 8.66. The zero-order valence-electron chi connectivity index (χ0n) is 9.75. The van der Waals surface area contributed by atoms with Gasteiger partial charge in [0.1, 0.15) is 11.4 Å². The van der Waals surface area contributed by atoms with Crippen LogP contribution in [0.1, 0.15) is 13.2 Å². The van der Waals surface area contributed by atoms with Crippen LogP contribution in [0.25, 0.3) is 0 Å². The number of rotatable bonds is 1. The molecule has 7 nitrogen and oxygen atoms in total. The molecule has 2 fully saturated rings. The van der Waals surface area contributed by atoms with Crippen LogP contribution in [-0.2, 0) is 4.74 Å². The van der Waals surface area contributed by atoms with Crippen LogP contribution in [0.4, 0.5) is 14.6 Å². The molecule has 2 heterocycles. The summed E-state index contributed by atoms with van der Waals surface area (Å²) in [6, 6.07) is 1.22. The van der Waals surface area contributed by atoms with Crippen molar-refractivity contribution in [3.8, 4) is 0 Å². The molecule has 0 radical (unpaired) electrons. The van der Waals surface area contributed by atoms with Gasteiger partial charge in [0, 0.05) is 6.20 Å². The summed E-state index contributed by atoms with van der Waals surface area (Å²) in [6.45, 7) is 0.942. The fourth-order valence-corrected chi connectivity index (χ4v) is 2.53. The maximum Gasteiger partial charge on any atom is 0.351 e. The molecule has 0 aromatic carbocycles. The molecule has 0 spiro atoms. The Kier molecular flexibility index (Phi) is 2.04. The van der Waals surface area contributed by atoms with Crippen LogP contribution in [0.15, 0.2) is 17.1 Å². The normalized spacial score (nSPS) is 48.1. The minimum Gasteiger partial charge on any atom is -0.383 e. The lowest BCUT2D eigenvalue weighted by Gasteiger charge is -2.30. The van der Waals surface area contributed by atoms with Gasteiger partial charge in [0.15, 0.2) is 12.3 Å². The molecule has 0 bridgehead atoms. The average Bonchev–Trinajstić information content (AvgIpc) is 2.67. The van der Waals surface area contributed by atoms with E-state index in [4.69, 9.17) is 10.5 Å². The first-order valence-electron chi connectivity index (χ1n) is 5.47. The number of ether oxygens (including phenoxy) is 1. The van der Waals surface area contributed by atoms with Crippen molar-refractivity contribution < 1.29 is 23.7 Å². The van der Waals surface area contributed by atoms with E-state index in [2.05, 4.69) is 4.98 Å². The zero-order valence-corrected chi connectivity index (χ0v) is 9.75. The van der Waals surface area contributed by atoms with Crippen molar-refractivity contribution in [3.05, 3.63) is 22.7 Å². The number of halogens is 2. The summed E-state index contributed by atoms with van der Waals surface area (Å²) in [4.78, 5) is 15.0. The fourth-order valence-electron chi connectivity index (χ4n) is 2.53. The van der Waals surface area contributed by atoms with E-state index < -0.39 is 35.1 Å². The SMILES string of the molecule is C[C@]1(O)[C@H](n2ccc(N)nc2=O)O[C@]2(F)C(O)[C@]12F. The summed E-state index contributed by atoms with van der Waals surface area (Å²) in [7, 11) is 0. The lowest BCUT2D eigenvalue weighted by atomic mass is 9.96. The molecule has 19 heavy (non-hydrogen) atoms. The van der Waals surface area contributed by atoms with E-state index in [9.17, 15) is 23.8 Å². The topological polar surface area (TPSA) is 111 Å².